The molecule has 0 aliphatic carbocycles. The molecule has 2 N–H and O–H groups in total. The Morgan fingerprint density at radius 2 is 2.33 bits per heavy atom. The third-order valence-corrected chi connectivity index (χ3v) is 3.49. The zero-order chi connectivity index (χ0) is 13.3. The topological polar surface area (TPSA) is 80.4 Å². The molecule has 0 bridgehead atoms. The van der Waals surface area contributed by atoms with Crippen LogP contribution in [0.4, 0.5) is 5.82 Å². The van der Waals surface area contributed by atoms with Gasteiger partial charge in [0, 0.05) is 19.0 Å². The molecule has 2 rings (SSSR count). The van der Waals surface area contributed by atoms with Crippen molar-refractivity contribution < 1.29 is 10.2 Å². The van der Waals surface area contributed by atoms with Gasteiger partial charge < -0.3 is 15.1 Å². The van der Waals surface area contributed by atoms with Gasteiger partial charge >= 0.3 is 0 Å². The van der Waals surface area contributed by atoms with E-state index in [2.05, 4.69) is 4.98 Å². The maximum Gasteiger partial charge on any atom is 0.147 e. The molecule has 6 heteroatoms. The molecule has 0 spiro atoms. The summed E-state index contributed by atoms with van der Waals surface area (Å²) in [5.74, 6) is 0.377. The van der Waals surface area contributed by atoms with E-state index in [0.29, 0.717) is 35.2 Å². The number of nitriles is 1. The van der Waals surface area contributed by atoms with Gasteiger partial charge in [-0.25, -0.2) is 4.98 Å². The lowest BCUT2D eigenvalue weighted by Gasteiger charge is -2.19. The van der Waals surface area contributed by atoms with Gasteiger partial charge in [-0.05, 0) is 13.0 Å². The average molecular weight is 268 g/mol. The summed E-state index contributed by atoms with van der Waals surface area (Å²) in [6, 6.07) is 3.61. The standard InChI is InChI=1S/C12H14ClN3O2/c1-7-8(3-14)2-10(13)12(15-7)16-4-9(6-17)11(18)5-16/h2,9,11,17-18H,4-6H2,1H3. The van der Waals surface area contributed by atoms with Gasteiger partial charge in [-0.1, -0.05) is 11.6 Å². The maximum atomic E-state index is 9.76. The zero-order valence-electron chi connectivity index (χ0n) is 9.97. The highest BCUT2D eigenvalue weighted by Gasteiger charge is 2.32. The van der Waals surface area contributed by atoms with Crippen molar-refractivity contribution in [3.8, 4) is 6.07 Å². The van der Waals surface area contributed by atoms with E-state index in [-0.39, 0.29) is 12.5 Å². The molecule has 96 valence electrons. The van der Waals surface area contributed by atoms with Gasteiger partial charge in [0.05, 0.1) is 29.0 Å². The number of halogens is 1. The van der Waals surface area contributed by atoms with Gasteiger partial charge in [-0.3, -0.25) is 0 Å². The predicted molar refractivity (Wildman–Crippen MR) is 67.5 cm³/mol. The lowest BCUT2D eigenvalue weighted by atomic mass is 10.1. The van der Waals surface area contributed by atoms with Crippen LogP contribution in [0.3, 0.4) is 0 Å². The Morgan fingerprint density at radius 3 is 2.89 bits per heavy atom. The van der Waals surface area contributed by atoms with Crippen molar-refractivity contribution in [3.63, 3.8) is 0 Å². The summed E-state index contributed by atoms with van der Waals surface area (Å²) in [5, 5.41) is 28.2. The summed E-state index contributed by atoms with van der Waals surface area (Å²) < 4.78 is 0. The zero-order valence-corrected chi connectivity index (χ0v) is 10.7. The molecule has 0 amide bonds. The number of hydrogen-bond acceptors (Lipinski definition) is 5. The Hall–Kier alpha value is -1.35. The number of aliphatic hydroxyl groups is 2. The third-order valence-electron chi connectivity index (χ3n) is 3.21. The first-order valence-electron chi connectivity index (χ1n) is 5.68. The fourth-order valence-corrected chi connectivity index (χ4v) is 2.38. The van der Waals surface area contributed by atoms with Crippen LogP contribution in [0.5, 0.6) is 0 Å². The first kappa shape index (κ1) is 13.1. The quantitative estimate of drug-likeness (QED) is 0.825. The summed E-state index contributed by atoms with van der Waals surface area (Å²) in [4.78, 5) is 6.14. The number of nitrogens with zero attached hydrogens (tertiary/aromatic N) is 3. The van der Waals surface area contributed by atoms with Crippen molar-refractivity contribution in [2.24, 2.45) is 5.92 Å². The summed E-state index contributed by atoms with van der Waals surface area (Å²) >= 11 is 6.10. The van der Waals surface area contributed by atoms with Gasteiger partial charge in [-0.2, -0.15) is 5.26 Å². The highest BCUT2D eigenvalue weighted by Crippen LogP contribution is 2.30. The number of aliphatic hydroxyl groups excluding tert-OH is 2. The second-order valence-electron chi connectivity index (χ2n) is 4.45. The molecule has 1 aliphatic heterocycles. The molecule has 0 aromatic carbocycles. The Kier molecular flexibility index (Phi) is 3.71. The monoisotopic (exact) mass is 267 g/mol. The SMILES string of the molecule is Cc1nc(N2CC(O)C(CO)C2)c(Cl)cc1C#N. The first-order chi connectivity index (χ1) is 8.56. The molecule has 0 radical (unpaired) electrons. The van der Waals surface area contributed by atoms with E-state index in [1.165, 1.54) is 0 Å². The van der Waals surface area contributed by atoms with Crippen LogP contribution in [-0.4, -0.2) is 41.0 Å². The third kappa shape index (κ3) is 2.27. The molecule has 1 aromatic heterocycles. The minimum Gasteiger partial charge on any atom is -0.396 e. The minimum atomic E-state index is -0.580. The summed E-state index contributed by atoms with van der Waals surface area (Å²) in [6.45, 7) is 2.58. The van der Waals surface area contributed by atoms with Crippen LogP contribution in [0.1, 0.15) is 11.3 Å². The highest BCUT2D eigenvalue weighted by atomic mass is 35.5. The Labute approximate surface area is 110 Å². The summed E-state index contributed by atoms with van der Waals surface area (Å²) in [5.41, 5.74) is 1.06. The van der Waals surface area contributed by atoms with Gasteiger partial charge in [0.1, 0.15) is 11.9 Å². The molecule has 1 aromatic rings. The molecular weight excluding hydrogens is 254 g/mol. The number of anilines is 1. The molecule has 1 fully saturated rings. The van der Waals surface area contributed by atoms with E-state index >= 15 is 0 Å². The van der Waals surface area contributed by atoms with Crippen molar-refractivity contribution in [2.45, 2.75) is 13.0 Å². The summed E-state index contributed by atoms with van der Waals surface area (Å²) in [7, 11) is 0. The van der Waals surface area contributed by atoms with Gasteiger partial charge in [0.25, 0.3) is 0 Å². The molecule has 1 saturated heterocycles. The molecule has 5 nitrogen and oxygen atoms in total. The van der Waals surface area contributed by atoms with Crippen LogP contribution in [-0.2, 0) is 0 Å². The van der Waals surface area contributed by atoms with E-state index in [1.807, 2.05) is 11.0 Å². The number of aromatic nitrogens is 1. The Balaban J connectivity index is 2.31. The normalized spacial score (nSPS) is 23.2. The van der Waals surface area contributed by atoms with Crippen LogP contribution in [0.2, 0.25) is 5.02 Å². The van der Waals surface area contributed by atoms with Crippen molar-refractivity contribution in [1.29, 1.82) is 5.26 Å². The maximum absolute atomic E-state index is 9.76. The van der Waals surface area contributed by atoms with Crippen LogP contribution < -0.4 is 4.90 Å². The highest BCUT2D eigenvalue weighted by molar-refractivity contribution is 6.33. The second-order valence-corrected chi connectivity index (χ2v) is 4.86. The lowest BCUT2D eigenvalue weighted by molar-refractivity contribution is 0.104. The van der Waals surface area contributed by atoms with Crippen molar-refractivity contribution >= 4 is 17.4 Å². The molecular formula is C12H14ClN3O2. The van der Waals surface area contributed by atoms with Crippen LogP contribution in [0.25, 0.3) is 0 Å². The fraction of sp³-hybridized carbons (Fsp3) is 0.500. The van der Waals surface area contributed by atoms with Crippen LogP contribution >= 0.6 is 11.6 Å². The molecule has 1 aliphatic rings. The Morgan fingerprint density at radius 1 is 1.61 bits per heavy atom. The number of β-amino-alcohol motifs (C(OH)–C–C–N with tert-alkyl or cyclic N) is 1. The molecule has 2 atom stereocenters. The van der Waals surface area contributed by atoms with E-state index in [4.69, 9.17) is 22.0 Å². The van der Waals surface area contributed by atoms with Gasteiger partial charge in [0.2, 0.25) is 0 Å². The van der Waals surface area contributed by atoms with Crippen LogP contribution in [0, 0.1) is 24.2 Å². The molecule has 2 unspecified atom stereocenters. The molecule has 2 heterocycles. The smallest absolute Gasteiger partial charge is 0.147 e. The van der Waals surface area contributed by atoms with Gasteiger partial charge in [-0.15, -0.1) is 0 Å². The average Bonchev–Trinajstić information content (AvgIpc) is 2.72. The molecule has 0 saturated carbocycles. The second kappa shape index (κ2) is 5.11. The van der Waals surface area contributed by atoms with E-state index < -0.39 is 6.10 Å². The number of hydrogen-bond donors (Lipinski definition) is 2. The first-order valence-corrected chi connectivity index (χ1v) is 6.05. The largest absolute Gasteiger partial charge is 0.396 e. The lowest BCUT2D eigenvalue weighted by Crippen LogP contribution is -2.23. The van der Waals surface area contributed by atoms with E-state index in [9.17, 15) is 5.11 Å². The number of pyridine rings is 1. The number of aryl methyl sites for hydroxylation is 1. The van der Waals surface area contributed by atoms with Crippen LogP contribution in [0.15, 0.2) is 6.07 Å². The fourth-order valence-electron chi connectivity index (χ4n) is 2.11. The van der Waals surface area contributed by atoms with Crippen molar-refractivity contribution in [2.75, 3.05) is 24.6 Å². The molecule has 18 heavy (non-hydrogen) atoms. The predicted octanol–water partition coefficient (Wildman–Crippen LogP) is 0.705. The van der Waals surface area contributed by atoms with E-state index in [0.717, 1.165) is 0 Å². The van der Waals surface area contributed by atoms with Gasteiger partial charge in [0.15, 0.2) is 0 Å². The van der Waals surface area contributed by atoms with E-state index in [1.54, 1.807) is 13.0 Å². The van der Waals surface area contributed by atoms with Crippen molar-refractivity contribution in [3.05, 3.63) is 22.3 Å². The van der Waals surface area contributed by atoms with Crippen molar-refractivity contribution in [1.82, 2.24) is 4.98 Å². The Bertz CT molecular complexity index is 501. The number of rotatable bonds is 2. The summed E-state index contributed by atoms with van der Waals surface area (Å²) in [6.07, 6.45) is -0.580. The minimum absolute atomic E-state index is 0.0649.